The highest BCUT2D eigenvalue weighted by molar-refractivity contribution is 5.34. The van der Waals surface area contributed by atoms with Crippen LogP contribution in [0.1, 0.15) is 35.6 Å². The van der Waals surface area contributed by atoms with Crippen molar-refractivity contribution >= 4 is 0 Å². The Morgan fingerprint density at radius 3 is 2.29 bits per heavy atom. The lowest BCUT2D eigenvalue weighted by Crippen LogP contribution is -2.41. The molecule has 0 bridgehead atoms. The summed E-state index contributed by atoms with van der Waals surface area (Å²) in [5.41, 5.74) is 10.2. The van der Waals surface area contributed by atoms with E-state index in [1.54, 1.807) is 0 Å². The van der Waals surface area contributed by atoms with Crippen LogP contribution in [0.2, 0.25) is 0 Å². The number of nitrogens with two attached hydrogens (primary N) is 1. The Balaban J connectivity index is 1.95. The smallest absolute Gasteiger partial charge is 0.0601 e. The molecule has 1 fully saturated rings. The number of aryl methyl sites for hydroxylation is 1. The Morgan fingerprint density at radius 2 is 1.62 bits per heavy atom. The molecule has 2 nitrogen and oxygen atoms in total. The molecule has 21 heavy (non-hydrogen) atoms. The Hall–Kier alpha value is -1.64. The second kappa shape index (κ2) is 6.42. The van der Waals surface area contributed by atoms with E-state index in [0.29, 0.717) is 12.1 Å². The molecule has 1 saturated heterocycles. The van der Waals surface area contributed by atoms with E-state index in [0.717, 1.165) is 25.9 Å². The van der Waals surface area contributed by atoms with Gasteiger partial charge in [0.2, 0.25) is 0 Å². The van der Waals surface area contributed by atoms with Crippen molar-refractivity contribution in [3.05, 3.63) is 71.3 Å². The van der Waals surface area contributed by atoms with Crippen LogP contribution in [0, 0.1) is 6.92 Å². The van der Waals surface area contributed by atoms with Gasteiger partial charge >= 0.3 is 0 Å². The Kier molecular flexibility index (Phi) is 4.37. The predicted octanol–water partition coefficient (Wildman–Crippen LogP) is 3.51. The topological polar surface area (TPSA) is 29.3 Å². The van der Waals surface area contributed by atoms with Crippen molar-refractivity contribution in [2.75, 3.05) is 13.1 Å². The van der Waals surface area contributed by atoms with Crippen molar-refractivity contribution < 1.29 is 0 Å². The molecule has 1 heterocycles. The van der Waals surface area contributed by atoms with Gasteiger partial charge in [-0.05, 0) is 30.9 Å². The van der Waals surface area contributed by atoms with Crippen LogP contribution in [0.15, 0.2) is 54.6 Å². The number of nitrogens with zero attached hydrogens (tertiary/aromatic N) is 1. The average molecular weight is 280 g/mol. The number of piperidine rings is 1. The SMILES string of the molecule is Cc1cccc(C(c2ccccc2)N2CCC(N)CC2)c1. The van der Waals surface area contributed by atoms with Crippen LogP contribution in [0.4, 0.5) is 0 Å². The van der Waals surface area contributed by atoms with Crippen LogP contribution < -0.4 is 5.73 Å². The largest absolute Gasteiger partial charge is 0.328 e. The van der Waals surface area contributed by atoms with Gasteiger partial charge in [-0.1, -0.05) is 60.2 Å². The first-order valence-electron chi connectivity index (χ1n) is 7.85. The van der Waals surface area contributed by atoms with Gasteiger partial charge in [0, 0.05) is 19.1 Å². The van der Waals surface area contributed by atoms with Crippen LogP contribution in [0.25, 0.3) is 0 Å². The summed E-state index contributed by atoms with van der Waals surface area (Å²) in [4.78, 5) is 2.58. The van der Waals surface area contributed by atoms with Crippen molar-refractivity contribution in [2.45, 2.75) is 31.8 Å². The van der Waals surface area contributed by atoms with E-state index in [-0.39, 0.29) is 0 Å². The predicted molar refractivity (Wildman–Crippen MR) is 88.2 cm³/mol. The van der Waals surface area contributed by atoms with E-state index >= 15 is 0 Å². The number of rotatable bonds is 3. The zero-order chi connectivity index (χ0) is 14.7. The summed E-state index contributed by atoms with van der Waals surface area (Å²) in [7, 11) is 0. The summed E-state index contributed by atoms with van der Waals surface area (Å²) in [6.45, 7) is 4.32. The summed E-state index contributed by atoms with van der Waals surface area (Å²) >= 11 is 0. The molecule has 1 atom stereocenters. The van der Waals surface area contributed by atoms with Gasteiger partial charge in [-0.3, -0.25) is 4.90 Å². The van der Waals surface area contributed by atoms with Gasteiger partial charge in [0.1, 0.15) is 0 Å². The molecule has 2 aromatic carbocycles. The molecule has 110 valence electrons. The van der Waals surface area contributed by atoms with Crippen molar-refractivity contribution in [2.24, 2.45) is 5.73 Å². The zero-order valence-electron chi connectivity index (χ0n) is 12.7. The van der Waals surface area contributed by atoms with Gasteiger partial charge in [0.25, 0.3) is 0 Å². The fourth-order valence-electron chi connectivity index (χ4n) is 3.27. The van der Waals surface area contributed by atoms with Crippen LogP contribution >= 0.6 is 0 Å². The van der Waals surface area contributed by atoms with E-state index < -0.39 is 0 Å². The summed E-state index contributed by atoms with van der Waals surface area (Å²) in [5, 5.41) is 0. The monoisotopic (exact) mass is 280 g/mol. The lowest BCUT2D eigenvalue weighted by molar-refractivity contribution is 0.175. The Labute approximate surface area is 127 Å². The third-order valence-electron chi connectivity index (χ3n) is 4.41. The number of hydrogen-bond acceptors (Lipinski definition) is 2. The van der Waals surface area contributed by atoms with E-state index in [9.17, 15) is 0 Å². The van der Waals surface area contributed by atoms with E-state index in [1.807, 2.05) is 0 Å². The molecule has 2 heteroatoms. The van der Waals surface area contributed by atoms with Crippen LogP contribution in [-0.4, -0.2) is 24.0 Å². The van der Waals surface area contributed by atoms with Gasteiger partial charge < -0.3 is 5.73 Å². The molecule has 0 spiro atoms. The summed E-state index contributed by atoms with van der Waals surface area (Å²) in [6.07, 6.45) is 2.18. The number of hydrogen-bond donors (Lipinski definition) is 1. The van der Waals surface area contributed by atoms with Crippen molar-refractivity contribution in [3.63, 3.8) is 0 Å². The van der Waals surface area contributed by atoms with Gasteiger partial charge in [-0.25, -0.2) is 0 Å². The lowest BCUT2D eigenvalue weighted by Gasteiger charge is -2.37. The standard InChI is InChI=1S/C19H24N2/c1-15-6-5-9-17(14-15)19(16-7-3-2-4-8-16)21-12-10-18(20)11-13-21/h2-9,14,18-19H,10-13,20H2,1H3. The van der Waals surface area contributed by atoms with Crippen molar-refractivity contribution in [1.29, 1.82) is 0 Å². The molecule has 1 unspecified atom stereocenters. The van der Waals surface area contributed by atoms with Crippen molar-refractivity contribution in [1.82, 2.24) is 4.90 Å². The third-order valence-corrected chi connectivity index (χ3v) is 4.41. The van der Waals surface area contributed by atoms with Crippen LogP contribution in [0.3, 0.4) is 0 Å². The maximum absolute atomic E-state index is 6.07. The highest BCUT2D eigenvalue weighted by Crippen LogP contribution is 2.31. The fourth-order valence-corrected chi connectivity index (χ4v) is 3.27. The molecule has 0 aliphatic carbocycles. The van der Waals surface area contributed by atoms with Gasteiger partial charge in [-0.2, -0.15) is 0 Å². The first kappa shape index (κ1) is 14.3. The molecule has 2 aromatic rings. The van der Waals surface area contributed by atoms with E-state index in [2.05, 4.69) is 66.4 Å². The van der Waals surface area contributed by atoms with Crippen molar-refractivity contribution in [3.8, 4) is 0 Å². The second-order valence-corrected chi connectivity index (χ2v) is 6.10. The molecule has 0 radical (unpaired) electrons. The average Bonchev–Trinajstić information content (AvgIpc) is 2.51. The quantitative estimate of drug-likeness (QED) is 0.932. The highest BCUT2D eigenvalue weighted by atomic mass is 15.2. The molecule has 0 amide bonds. The van der Waals surface area contributed by atoms with E-state index in [4.69, 9.17) is 5.73 Å². The number of likely N-dealkylation sites (tertiary alicyclic amines) is 1. The number of benzene rings is 2. The maximum Gasteiger partial charge on any atom is 0.0601 e. The van der Waals surface area contributed by atoms with Gasteiger partial charge in [0.05, 0.1) is 6.04 Å². The second-order valence-electron chi connectivity index (χ2n) is 6.10. The third kappa shape index (κ3) is 3.34. The zero-order valence-corrected chi connectivity index (χ0v) is 12.7. The van der Waals surface area contributed by atoms with E-state index in [1.165, 1.54) is 16.7 Å². The molecule has 0 saturated carbocycles. The lowest BCUT2D eigenvalue weighted by atomic mass is 9.93. The highest BCUT2D eigenvalue weighted by Gasteiger charge is 2.25. The molecule has 0 aromatic heterocycles. The van der Waals surface area contributed by atoms with Crippen LogP contribution in [-0.2, 0) is 0 Å². The minimum Gasteiger partial charge on any atom is -0.328 e. The molecular formula is C19H24N2. The molecule has 2 N–H and O–H groups in total. The van der Waals surface area contributed by atoms with Crippen LogP contribution in [0.5, 0.6) is 0 Å². The minimum atomic E-state index is 0.346. The van der Waals surface area contributed by atoms with Gasteiger partial charge in [0.15, 0.2) is 0 Å². The minimum absolute atomic E-state index is 0.346. The maximum atomic E-state index is 6.07. The normalized spacial score (nSPS) is 18.6. The molecular weight excluding hydrogens is 256 g/mol. The Morgan fingerprint density at radius 1 is 0.952 bits per heavy atom. The molecule has 3 rings (SSSR count). The molecule has 1 aliphatic heterocycles. The Bertz CT molecular complexity index is 571. The first-order valence-corrected chi connectivity index (χ1v) is 7.85. The summed E-state index contributed by atoms with van der Waals surface area (Å²) < 4.78 is 0. The fraction of sp³-hybridized carbons (Fsp3) is 0.368. The van der Waals surface area contributed by atoms with Gasteiger partial charge in [-0.15, -0.1) is 0 Å². The first-order chi connectivity index (χ1) is 10.2. The summed E-state index contributed by atoms with van der Waals surface area (Å²) in [6, 6.07) is 20.4. The summed E-state index contributed by atoms with van der Waals surface area (Å²) in [5.74, 6) is 0. The molecule has 1 aliphatic rings.